The Morgan fingerprint density at radius 3 is 1.44 bits per heavy atom. The topological polar surface area (TPSA) is 0 Å². The second-order valence-electron chi connectivity index (χ2n) is 9.85. The molecule has 7 aromatic carbocycles. The lowest BCUT2D eigenvalue weighted by Crippen LogP contribution is -1.93. The molecule has 7 rings (SSSR count). The van der Waals surface area contributed by atoms with Crippen molar-refractivity contribution in [2.45, 2.75) is 13.8 Å². The van der Waals surface area contributed by atoms with Crippen molar-refractivity contribution in [1.82, 2.24) is 0 Å². The van der Waals surface area contributed by atoms with E-state index in [1.807, 2.05) is 0 Å². The van der Waals surface area contributed by atoms with Crippen LogP contribution in [-0.4, -0.2) is 0 Å². The fourth-order valence-electron chi connectivity index (χ4n) is 6.04. The van der Waals surface area contributed by atoms with Crippen molar-refractivity contribution in [3.8, 4) is 22.3 Å². The molecule has 0 spiro atoms. The predicted molar refractivity (Wildman–Crippen MR) is 157 cm³/mol. The van der Waals surface area contributed by atoms with Gasteiger partial charge < -0.3 is 0 Å². The molecule has 0 aliphatic heterocycles. The van der Waals surface area contributed by atoms with Gasteiger partial charge in [0.25, 0.3) is 0 Å². The van der Waals surface area contributed by atoms with E-state index in [1.54, 1.807) is 0 Å². The maximum atomic E-state index is 2.36. The van der Waals surface area contributed by atoms with Gasteiger partial charge in [-0.15, -0.1) is 0 Å². The molecule has 0 N–H and O–H groups in total. The molecule has 0 saturated carbocycles. The molecule has 0 nitrogen and oxygen atoms in total. The zero-order valence-electron chi connectivity index (χ0n) is 20.5. The Morgan fingerprint density at radius 2 is 0.833 bits per heavy atom. The van der Waals surface area contributed by atoms with E-state index >= 15 is 0 Å². The molecule has 0 fully saturated rings. The molecule has 0 heteroatoms. The van der Waals surface area contributed by atoms with Crippen molar-refractivity contribution in [2.75, 3.05) is 0 Å². The van der Waals surface area contributed by atoms with E-state index in [0.717, 1.165) is 0 Å². The summed E-state index contributed by atoms with van der Waals surface area (Å²) in [6.07, 6.45) is 0. The second-order valence-corrected chi connectivity index (χ2v) is 9.85. The number of fused-ring (bicyclic) bond motifs is 4. The molecule has 0 bridgehead atoms. The third kappa shape index (κ3) is 3.08. The third-order valence-corrected chi connectivity index (χ3v) is 7.62. The van der Waals surface area contributed by atoms with Crippen molar-refractivity contribution in [3.63, 3.8) is 0 Å². The van der Waals surface area contributed by atoms with Gasteiger partial charge in [0.15, 0.2) is 0 Å². The Kier molecular flexibility index (Phi) is 4.69. The first-order valence-electron chi connectivity index (χ1n) is 12.6. The van der Waals surface area contributed by atoms with Gasteiger partial charge in [-0.1, -0.05) is 121 Å². The molecule has 0 aliphatic carbocycles. The minimum Gasteiger partial charge on any atom is -0.0616 e. The first-order chi connectivity index (χ1) is 17.7. The van der Waals surface area contributed by atoms with E-state index < -0.39 is 0 Å². The molecular formula is C36H26. The molecule has 0 amide bonds. The normalized spacial score (nSPS) is 11.6. The third-order valence-electron chi connectivity index (χ3n) is 7.62. The van der Waals surface area contributed by atoms with E-state index in [4.69, 9.17) is 0 Å². The van der Waals surface area contributed by atoms with Crippen LogP contribution in [0.2, 0.25) is 0 Å². The largest absolute Gasteiger partial charge is 0.0616 e. The average Bonchev–Trinajstić information content (AvgIpc) is 2.92. The highest BCUT2D eigenvalue weighted by Crippen LogP contribution is 2.46. The molecule has 36 heavy (non-hydrogen) atoms. The standard InChI is InChI=1S/C36H26/c1-23-21-25-11-3-4-13-27(25)34(22-23)36-31-17-9-7-15-29(31)35(30-16-8-10-18-32(30)36)33-20-19-24(2)26-12-5-6-14-28(26)33/h3-22H,1-2H3. The van der Waals surface area contributed by atoms with Crippen molar-refractivity contribution >= 4 is 43.1 Å². The van der Waals surface area contributed by atoms with Crippen LogP contribution < -0.4 is 0 Å². The van der Waals surface area contributed by atoms with E-state index in [1.165, 1.54) is 76.5 Å². The highest BCUT2D eigenvalue weighted by molar-refractivity contribution is 6.25. The van der Waals surface area contributed by atoms with E-state index in [0.29, 0.717) is 0 Å². The van der Waals surface area contributed by atoms with Gasteiger partial charge in [-0.2, -0.15) is 0 Å². The molecule has 170 valence electrons. The summed E-state index contributed by atoms with van der Waals surface area (Å²) >= 11 is 0. The summed E-state index contributed by atoms with van der Waals surface area (Å²) in [5.74, 6) is 0. The van der Waals surface area contributed by atoms with Crippen molar-refractivity contribution < 1.29 is 0 Å². The zero-order valence-corrected chi connectivity index (χ0v) is 20.5. The van der Waals surface area contributed by atoms with Crippen LogP contribution in [0.3, 0.4) is 0 Å². The van der Waals surface area contributed by atoms with Crippen molar-refractivity contribution in [1.29, 1.82) is 0 Å². The van der Waals surface area contributed by atoms with Crippen molar-refractivity contribution in [3.05, 3.63) is 132 Å². The number of hydrogen-bond donors (Lipinski definition) is 0. The summed E-state index contributed by atoms with van der Waals surface area (Å²) < 4.78 is 0. The van der Waals surface area contributed by atoms with Gasteiger partial charge in [0.05, 0.1) is 0 Å². The Balaban J connectivity index is 1.70. The number of hydrogen-bond acceptors (Lipinski definition) is 0. The SMILES string of the molecule is Cc1cc(-c2c3ccccc3c(-c3ccc(C)c4ccccc34)c3ccccc23)c2ccccc2c1. The summed E-state index contributed by atoms with van der Waals surface area (Å²) in [6.45, 7) is 4.40. The maximum Gasteiger partial charge on any atom is -0.00200 e. The summed E-state index contributed by atoms with van der Waals surface area (Å²) in [4.78, 5) is 0. The van der Waals surface area contributed by atoms with Gasteiger partial charge >= 0.3 is 0 Å². The molecule has 7 aromatic rings. The monoisotopic (exact) mass is 458 g/mol. The highest BCUT2D eigenvalue weighted by Gasteiger charge is 2.19. The molecule has 0 aliphatic rings. The zero-order chi connectivity index (χ0) is 24.2. The number of aryl methyl sites for hydroxylation is 2. The Morgan fingerprint density at radius 1 is 0.361 bits per heavy atom. The lowest BCUT2D eigenvalue weighted by Gasteiger charge is -2.20. The van der Waals surface area contributed by atoms with Crippen molar-refractivity contribution in [2.24, 2.45) is 0 Å². The van der Waals surface area contributed by atoms with Gasteiger partial charge in [0, 0.05) is 0 Å². The molecule has 0 heterocycles. The minimum atomic E-state index is 1.28. The second kappa shape index (κ2) is 8.07. The Labute approximate surface area is 211 Å². The lowest BCUT2D eigenvalue weighted by molar-refractivity contribution is 1.50. The molecule has 0 saturated heterocycles. The van der Waals surface area contributed by atoms with E-state index in [-0.39, 0.29) is 0 Å². The summed E-state index contributed by atoms with van der Waals surface area (Å²) in [5, 5.41) is 10.4. The fraction of sp³-hybridized carbons (Fsp3) is 0.0556. The van der Waals surface area contributed by atoms with Crippen LogP contribution in [0.25, 0.3) is 65.3 Å². The lowest BCUT2D eigenvalue weighted by atomic mass is 9.83. The van der Waals surface area contributed by atoms with Crippen LogP contribution in [-0.2, 0) is 0 Å². The summed E-state index contributed by atoms with van der Waals surface area (Å²) in [7, 11) is 0. The number of benzene rings is 7. The van der Waals surface area contributed by atoms with Crippen LogP contribution in [0.5, 0.6) is 0 Å². The maximum absolute atomic E-state index is 2.36. The highest BCUT2D eigenvalue weighted by atomic mass is 14.2. The summed E-state index contributed by atoms with van der Waals surface area (Å²) in [6, 6.07) is 44.7. The summed E-state index contributed by atoms with van der Waals surface area (Å²) in [5.41, 5.74) is 7.83. The quantitative estimate of drug-likeness (QED) is 0.226. The van der Waals surface area contributed by atoms with Crippen LogP contribution in [0.4, 0.5) is 0 Å². The average molecular weight is 459 g/mol. The van der Waals surface area contributed by atoms with Crippen LogP contribution in [0, 0.1) is 13.8 Å². The molecule has 0 radical (unpaired) electrons. The Bertz CT molecular complexity index is 1900. The smallest absolute Gasteiger partial charge is 0.00200 e. The fourth-order valence-corrected chi connectivity index (χ4v) is 6.04. The van der Waals surface area contributed by atoms with Gasteiger partial charge in [0.2, 0.25) is 0 Å². The predicted octanol–water partition coefficient (Wildman–Crippen LogP) is 10.3. The van der Waals surface area contributed by atoms with E-state index in [9.17, 15) is 0 Å². The van der Waals surface area contributed by atoms with Gasteiger partial charge in [0.1, 0.15) is 0 Å². The molecule has 0 unspecified atom stereocenters. The van der Waals surface area contributed by atoms with E-state index in [2.05, 4.69) is 135 Å². The molecule has 0 aromatic heterocycles. The first-order valence-corrected chi connectivity index (χ1v) is 12.6. The van der Waals surface area contributed by atoms with Crippen LogP contribution in [0.1, 0.15) is 11.1 Å². The Hall–Kier alpha value is -4.42. The van der Waals surface area contributed by atoms with Gasteiger partial charge in [-0.05, 0) is 90.3 Å². The molecule has 0 atom stereocenters. The number of rotatable bonds is 2. The molecular weight excluding hydrogens is 432 g/mol. The minimum absolute atomic E-state index is 1.28. The first kappa shape index (κ1) is 20.9. The van der Waals surface area contributed by atoms with Gasteiger partial charge in [-0.3, -0.25) is 0 Å². The van der Waals surface area contributed by atoms with Crippen LogP contribution >= 0.6 is 0 Å². The van der Waals surface area contributed by atoms with Gasteiger partial charge in [-0.25, -0.2) is 0 Å². The van der Waals surface area contributed by atoms with Crippen LogP contribution in [0.15, 0.2) is 121 Å².